The predicted molar refractivity (Wildman–Crippen MR) is 141 cm³/mol. The fraction of sp³-hybridized carbons (Fsp3) is 0.333. The summed E-state index contributed by atoms with van der Waals surface area (Å²) in [6.45, 7) is 3.89. The van der Waals surface area contributed by atoms with Crippen molar-refractivity contribution in [3.8, 4) is 28.4 Å². The quantitative estimate of drug-likeness (QED) is 0.281. The number of rotatable bonds is 13. The number of carbonyl (C=O) groups excluding carboxylic acids is 1. The van der Waals surface area contributed by atoms with Gasteiger partial charge in [-0.3, -0.25) is 9.59 Å². The Kier molecular flexibility index (Phi) is 9.03. The molecular formula is C30H33NO6. The minimum absolute atomic E-state index is 0.0254. The van der Waals surface area contributed by atoms with Crippen LogP contribution in [0.25, 0.3) is 11.1 Å². The number of fused-ring (bicyclic) bond motifs is 1. The maximum absolute atomic E-state index is 13.4. The van der Waals surface area contributed by atoms with Crippen molar-refractivity contribution in [2.75, 3.05) is 19.9 Å². The molecule has 7 heteroatoms. The van der Waals surface area contributed by atoms with E-state index in [-0.39, 0.29) is 19.1 Å². The van der Waals surface area contributed by atoms with E-state index in [2.05, 4.69) is 6.92 Å². The largest absolute Gasteiger partial charge is 0.493 e. The number of carboxylic acids is 1. The Bertz CT molecular complexity index is 1210. The molecule has 37 heavy (non-hydrogen) atoms. The van der Waals surface area contributed by atoms with Crippen LogP contribution in [0.1, 0.15) is 54.9 Å². The first-order chi connectivity index (χ1) is 18.0. The molecule has 0 bridgehead atoms. The lowest BCUT2D eigenvalue weighted by Gasteiger charge is -2.24. The smallest absolute Gasteiger partial charge is 0.303 e. The molecule has 1 heterocycles. The molecule has 3 aromatic carbocycles. The molecule has 0 spiro atoms. The van der Waals surface area contributed by atoms with Crippen LogP contribution >= 0.6 is 0 Å². The van der Waals surface area contributed by atoms with Crippen molar-refractivity contribution in [3.05, 3.63) is 77.9 Å². The summed E-state index contributed by atoms with van der Waals surface area (Å²) in [5.41, 5.74) is 3.59. The van der Waals surface area contributed by atoms with Crippen molar-refractivity contribution in [2.24, 2.45) is 0 Å². The van der Waals surface area contributed by atoms with Crippen molar-refractivity contribution < 1.29 is 28.9 Å². The molecule has 0 unspecified atom stereocenters. The molecule has 4 rings (SSSR count). The highest BCUT2D eigenvalue weighted by molar-refractivity contribution is 5.94. The summed E-state index contributed by atoms with van der Waals surface area (Å²) in [6.07, 6.45) is 3.26. The van der Waals surface area contributed by atoms with Crippen LogP contribution in [0.2, 0.25) is 0 Å². The average Bonchev–Trinajstić information content (AvgIpc) is 3.39. The number of hydrogen-bond donors (Lipinski definition) is 1. The van der Waals surface area contributed by atoms with Crippen molar-refractivity contribution in [1.29, 1.82) is 0 Å². The van der Waals surface area contributed by atoms with Crippen LogP contribution in [-0.4, -0.2) is 41.8 Å². The first-order valence-corrected chi connectivity index (χ1v) is 12.8. The molecule has 3 aromatic rings. The zero-order valence-electron chi connectivity index (χ0n) is 21.2. The zero-order chi connectivity index (χ0) is 26.0. The number of nitrogens with zero attached hydrogens (tertiary/aromatic N) is 1. The zero-order valence-corrected chi connectivity index (χ0v) is 21.2. The summed E-state index contributed by atoms with van der Waals surface area (Å²) in [4.78, 5) is 25.9. The van der Waals surface area contributed by atoms with E-state index >= 15 is 0 Å². The summed E-state index contributed by atoms with van der Waals surface area (Å²) < 4.78 is 16.9. The van der Waals surface area contributed by atoms with Crippen molar-refractivity contribution >= 4 is 11.9 Å². The molecule has 0 saturated carbocycles. The predicted octanol–water partition coefficient (Wildman–Crippen LogP) is 6.16. The molecule has 0 fully saturated rings. The Morgan fingerprint density at radius 1 is 0.919 bits per heavy atom. The second-order valence-corrected chi connectivity index (χ2v) is 9.03. The van der Waals surface area contributed by atoms with Crippen LogP contribution < -0.4 is 14.2 Å². The van der Waals surface area contributed by atoms with E-state index in [1.165, 1.54) is 0 Å². The fourth-order valence-corrected chi connectivity index (χ4v) is 4.30. The van der Waals surface area contributed by atoms with Gasteiger partial charge in [-0.25, -0.2) is 0 Å². The molecule has 1 aliphatic heterocycles. The Morgan fingerprint density at radius 2 is 1.68 bits per heavy atom. The van der Waals surface area contributed by atoms with Crippen LogP contribution in [0.5, 0.6) is 17.2 Å². The van der Waals surface area contributed by atoms with Crippen LogP contribution in [-0.2, 0) is 11.3 Å². The lowest BCUT2D eigenvalue weighted by Crippen LogP contribution is -2.31. The van der Waals surface area contributed by atoms with E-state index in [4.69, 9.17) is 19.3 Å². The van der Waals surface area contributed by atoms with Gasteiger partial charge in [0.25, 0.3) is 5.91 Å². The highest BCUT2D eigenvalue weighted by Crippen LogP contribution is 2.36. The number of unbranched alkanes of at least 4 members (excludes halogenated alkanes) is 2. The number of amides is 1. The lowest BCUT2D eigenvalue weighted by atomic mass is 10.0. The molecule has 0 aromatic heterocycles. The summed E-state index contributed by atoms with van der Waals surface area (Å²) in [6, 6.07) is 21.2. The third-order valence-electron chi connectivity index (χ3n) is 6.24. The number of para-hydroxylation sites is 1. The highest BCUT2D eigenvalue weighted by atomic mass is 16.7. The van der Waals surface area contributed by atoms with E-state index in [9.17, 15) is 9.59 Å². The topological polar surface area (TPSA) is 85.3 Å². The molecule has 0 aliphatic carbocycles. The van der Waals surface area contributed by atoms with Gasteiger partial charge >= 0.3 is 5.97 Å². The molecular weight excluding hydrogens is 470 g/mol. The number of carbonyl (C=O) groups is 2. The normalized spacial score (nSPS) is 11.8. The third kappa shape index (κ3) is 7.03. The van der Waals surface area contributed by atoms with E-state index in [0.29, 0.717) is 31.7 Å². The second kappa shape index (κ2) is 12.8. The molecule has 0 saturated heterocycles. The number of aliphatic carboxylic acids is 1. The van der Waals surface area contributed by atoms with Crippen molar-refractivity contribution in [3.63, 3.8) is 0 Å². The van der Waals surface area contributed by atoms with Crippen LogP contribution in [0.4, 0.5) is 0 Å². The van der Waals surface area contributed by atoms with Crippen LogP contribution in [0.3, 0.4) is 0 Å². The van der Waals surface area contributed by atoms with E-state index in [1.807, 2.05) is 71.6 Å². The van der Waals surface area contributed by atoms with Gasteiger partial charge in [-0.15, -0.1) is 0 Å². The SMILES string of the molecule is CCCN(Cc1ccccc1OCCCCCC(=O)O)C(=O)c1ccc(-c2ccc3c(c2)OCO3)cc1. The van der Waals surface area contributed by atoms with Gasteiger partial charge in [0, 0.05) is 30.6 Å². The number of benzene rings is 3. The summed E-state index contributed by atoms with van der Waals surface area (Å²) in [5, 5.41) is 8.76. The standard InChI is InChI=1S/C30H33NO6/c1-2-17-31(20-25-8-5-6-9-26(25)35-18-7-3-4-10-29(32)33)30(34)23-13-11-22(12-14-23)24-15-16-27-28(19-24)37-21-36-27/h5-6,8-9,11-16,19H,2-4,7,10,17-18,20-21H2,1H3,(H,32,33). The van der Waals surface area contributed by atoms with E-state index < -0.39 is 5.97 Å². The summed E-state index contributed by atoms with van der Waals surface area (Å²) in [5.74, 6) is 1.44. The first-order valence-electron chi connectivity index (χ1n) is 12.8. The molecule has 1 N–H and O–H groups in total. The van der Waals surface area contributed by atoms with E-state index in [1.54, 1.807) is 0 Å². The molecule has 0 radical (unpaired) electrons. The molecule has 194 valence electrons. The van der Waals surface area contributed by atoms with Gasteiger partial charge in [-0.05, 0) is 67.1 Å². The van der Waals surface area contributed by atoms with Gasteiger partial charge in [0.2, 0.25) is 6.79 Å². The fourth-order valence-electron chi connectivity index (χ4n) is 4.30. The van der Waals surface area contributed by atoms with Crippen LogP contribution in [0.15, 0.2) is 66.7 Å². The Labute approximate surface area is 217 Å². The van der Waals surface area contributed by atoms with Crippen molar-refractivity contribution in [2.45, 2.75) is 45.6 Å². The molecule has 1 aliphatic rings. The van der Waals surface area contributed by atoms with Crippen LogP contribution in [0, 0.1) is 0 Å². The second-order valence-electron chi connectivity index (χ2n) is 9.03. The Hall–Kier alpha value is -4.00. The highest BCUT2D eigenvalue weighted by Gasteiger charge is 2.18. The van der Waals surface area contributed by atoms with Gasteiger partial charge < -0.3 is 24.2 Å². The number of ether oxygens (including phenoxy) is 3. The minimum atomic E-state index is -0.769. The maximum atomic E-state index is 13.4. The summed E-state index contributed by atoms with van der Waals surface area (Å²) >= 11 is 0. The summed E-state index contributed by atoms with van der Waals surface area (Å²) in [7, 11) is 0. The average molecular weight is 504 g/mol. The number of hydrogen-bond acceptors (Lipinski definition) is 5. The first kappa shape index (κ1) is 26.1. The Morgan fingerprint density at radius 3 is 2.46 bits per heavy atom. The number of carboxylic acid groups (broad SMARTS) is 1. The van der Waals surface area contributed by atoms with Gasteiger partial charge in [0.1, 0.15) is 5.75 Å². The lowest BCUT2D eigenvalue weighted by molar-refractivity contribution is -0.137. The molecule has 7 nitrogen and oxygen atoms in total. The molecule has 0 atom stereocenters. The third-order valence-corrected chi connectivity index (χ3v) is 6.24. The van der Waals surface area contributed by atoms with Gasteiger partial charge in [0.05, 0.1) is 6.61 Å². The van der Waals surface area contributed by atoms with Gasteiger partial charge in [-0.2, -0.15) is 0 Å². The van der Waals surface area contributed by atoms with E-state index in [0.717, 1.165) is 53.2 Å². The van der Waals surface area contributed by atoms with Crippen molar-refractivity contribution in [1.82, 2.24) is 4.90 Å². The maximum Gasteiger partial charge on any atom is 0.303 e. The Balaban J connectivity index is 1.40. The minimum Gasteiger partial charge on any atom is -0.493 e. The monoisotopic (exact) mass is 503 g/mol. The molecule has 1 amide bonds. The van der Waals surface area contributed by atoms with Gasteiger partial charge in [0.15, 0.2) is 11.5 Å². The van der Waals surface area contributed by atoms with Gasteiger partial charge in [-0.1, -0.05) is 43.3 Å².